The van der Waals surface area contributed by atoms with Gasteiger partial charge in [-0.3, -0.25) is 0 Å². The van der Waals surface area contributed by atoms with Crippen LogP contribution in [0, 0.1) is 6.92 Å². The van der Waals surface area contributed by atoms with Gasteiger partial charge in [0.2, 0.25) is 0 Å². The van der Waals surface area contributed by atoms with Crippen LogP contribution in [0.4, 0.5) is 0 Å². The minimum absolute atomic E-state index is 0.398. The molecule has 0 saturated heterocycles. The predicted octanol–water partition coefficient (Wildman–Crippen LogP) is 2.07. The van der Waals surface area contributed by atoms with Crippen LogP contribution in [0.3, 0.4) is 0 Å². The topological polar surface area (TPSA) is 35.2 Å². The van der Waals surface area contributed by atoms with E-state index in [0.29, 0.717) is 12.5 Å². The second kappa shape index (κ2) is 4.28. The molecule has 2 nitrogen and oxygen atoms in total. The summed E-state index contributed by atoms with van der Waals surface area (Å²) in [6.07, 6.45) is 0. The largest absolute Gasteiger partial charge is 0.496 e. The van der Waals surface area contributed by atoms with Crippen LogP contribution in [0.2, 0.25) is 0 Å². The Bertz CT molecular complexity index is 283. The summed E-state index contributed by atoms with van der Waals surface area (Å²) in [6.45, 7) is 4.83. The number of ether oxygens (including phenoxy) is 1. The summed E-state index contributed by atoms with van der Waals surface area (Å²) in [4.78, 5) is 0. The van der Waals surface area contributed by atoms with Gasteiger partial charge in [0.15, 0.2) is 0 Å². The summed E-state index contributed by atoms with van der Waals surface area (Å²) in [5, 5.41) is 0. The minimum atomic E-state index is 0.398. The number of hydrogen-bond acceptors (Lipinski definition) is 2. The van der Waals surface area contributed by atoms with E-state index < -0.39 is 0 Å². The molecular weight excluding hydrogens is 162 g/mol. The highest BCUT2D eigenvalue weighted by Gasteiger charge is 2.05. The van der Waals surface area contributed by atoms with Gasteiger partial charge in [-0.05, 0) is 36.6 Å². The number of aryl methyl sites for hydroxylation is 1. The molecule has 2 N–H and O–H groups in total. The fourth-order valence-electron chi connectivity index (χ4n) is 1.28. The molecule has 0 heterocycles. The van der Waals surface area contributed by atoms with Crippen LogP contribution in [0.1, 0.15) is 24.0 Å². The second-order valence-electron chi connectivity index (χ2n) is 3.37. The van der Waals surface area contributed by atoms with Gasteiger partial charge >= 0.3 is 0 Å². The third-order valence-corrected chi connectivity index (χ3v) is 2.35. The van der Waals surface area contributed by atoms with Crippen LogP contribution in [-0.2, 0) is 0 Å². The second-order valence-corrected chi connectivity index (χ2v) is 3.37. The van der Waals surface area contributed by atoms with Crippen LogP contribution in [-0.4, -0.2) is 13.7 Å². The Labute approximate surface area is 79.7 Å². The van der Waals surface area contributed by atoms with E-state index in [-0.39, 0.29) is 0 Å². The van der Waals surface area contributed by atoms with Crippen molar-refractivity contribution >= 4 is 0 Å². The molecule has 1 aromatic rings. The van der Waals surface area contributed by atoms with Crippen molar-refractivity contribution in [1.29, 1.82) is 0 Å². The van der Waals surface area contributed by atoms with E-state index in [1.165, 1.54) is 5.56 Å². The van der Waals surface area contributed by atoms with Gasteiger partial charge in [0, 0.05) is 0 Å². The maximum atomic E-state index is 5.59. The summed E-state index contributed by atoms with van der Waals surface area (Å²) in [7, 11) is 1.69. The third kappa shape index (κ3) is 2.22. The highest BCUT2D eigenvalue weighted by molar-refractivity contribution is 5.37. The van der Waals surface area contributed by atoms with Crippen molar-refractivity contribution in [3.8, 4) is 5.75 Å². The van der Waals surface area contributed by atoms with Crippen LogP contribution in [0.5, 0.6) is 5.75 Å². The molecule has 0 aliphatic heterocycles. The van der Waals surface area contributed by atoms with Crippen molar-refractivity contribution in [2.45, 2.75) is 19.8 Å². The van der Waals surface area contributed by atoms with E-state index in [2.05, 4.69) is 25.1 Å². The zero-order valence-corrected chi connectivity index (χ0v) is 8.50. The molecule has 0 bridgehead atoms. The molecule has 13 heavy (non-hydrogen) atoms. The molecule has 1 rings (SSSR count). The molecule has 0 spiro atoms. The predicted molar refractivity (Wildman–Crippen MR) is 55.2 cm³/mol. The highest BCUT2D eigenvalue weighted by Crippen LogP contribution is 2.23. The standard InChI is InChI=1S/C11H17NO/c1-8-4-5-10(9(2)7-12)6-11(8)13-3/h4-6,9H,7,12H2,1-3H3/t9-/m0/s1. The van der Waals surface area contributed by atoms with Gasteiger partial charge in [0.1, 0.15) is 5.75 Å². The average Bonchev–Trinajstić information content (AvgIpc) is 2.17. The van der Waals surface area contributed by atoms with Crippen LogP contribution in [0.15, 0.2) is 18.2 Å². The van der Waals surface area contributed by atoms with E-state index in [1.807, 2.05) is 6.92 Å². The lowest BCUT2D eigenvalue weighted by atomic mass is 10.00. The number of rotatable bonds is 3. The van der Waals surface area contributed by atoms with E-state index in [1.54, 1.807) is 7.11 Å². The van der Waals surface area contributed by atoms with Crippen LogP contribution in [0.25, 0.3) is 0 Å². The maximum absolute atomic E-state index is 5.59. The Morgan fingerprint density at radius 1 is 1.46 bits per heavy atom. The Kier molecular flexibility index (Phi) is 3.32. The van der Waals surface area contributed by atoms with Gasteiger partial charge in [0.05, 0.1) is 7.11 Å². The van der Waals surface area contributed by atoms with Gasteiger partial charge < -0.3 is 10.5 Å². The van der Waals surface area contributed by atoms with Crippen LogP contribution >= 0.6 is 0 Å². The minimum Gasteiger partial charge on any atom is -0.496 e. The molecule has 0 unspecified atom stereocenters. The number of methoxy groups -OCH3 is 1. The Morgan fingerprint density at radius 2 is 2.15 bits per heavy atom. The Balaban J connectivity index is 2.99. The normalized spacial score (nSPS) is 12.6. The van der Waals surface area contributed by atoms with Crippen molar-refractivity contribution in [3.63, 3.8) is 0 Å². The molecule has 0 aromatic heterocycles. The Morgan fingerprint density at radius 3 is 2.69 bits per heavy atom. The molecule has 0 aliphatic carbocycles. The van der Waals surface area contributed by atoms with Crippen molar-refractivity contribution in [2.75, 3.05) is 13.7 Å². The summed E-state index contributed by atoms with van der Waals surface area (Å²) in [5.41, 5.74) is 8.00. The summed E-state index contributed by atoms with van der Waals surface area (Å²) in [5.74, 6) is 1.34. The summed E-state index contributed by atoms with van der Waals surface area (Å²) < 4.78 is 5.24. The molecule has 0 radical (unpaired) electrons. The van der Waals surface area contributed by atoms with E-state index in [0.717, 1.165) is 11.3 Å². The van der Waals surface area contributed by atoms with Crippen molar-refractivity contribution < 1.29 is 4.74 Å². The van der Waals surface area contributed by atoms with Gasteiger partial charge in [-0.1, -0.05) is 19.1 Å². The third-order valence-electron chi connectivity index (χ3n) is 2.35. The molecule has 0 saturated carbocycles. The first-order valence-corrected chi connectivity index (χ1v) is 4.53. The fraction of sp³-hybridized carbons (Fsp3) is 0.455. The van der Waals surface area contributed by atoms with Gasteiger partial charge in [-0.25, -0.2) is 0 Å². The zero-order valence-electron chi connectivity index (χ0n) is 8.50. The first kappa shape index (κ1) is 10.1. The smallest absolute Gasteiger partial charge is 0.122 e. The molecule has 1 aromatic carbocycles. The average molecular weight is 179 g/mol. The molecule has 2 heteroatoms. The molecule has 72 valence electrons. The van der Waals surface area contributed by atoms with Crippen molar-refractivity contribution in [2.24, 2.45) is 5.73 Å². The summed E-state index contributed by atoms with van der Waals surface area (Å²) in [6, 6.07) is 6.24. The molecule has 1 atom stereocenters. The number of benzene rings is 1. The zero-order chi connectivity index (χ0) is 9.84. The van der Waals surface area contributed by atoms with E-state index in [9.17, 15) is 0 Å². The summed E-state index contributed by atoms with van der Waals surface area (Å²) >= 11 is 0. The first-order chi connectivity index (χ1) is 6.19. The lowest BCUT2D eigenvalue weighted by molar-refractivity contribution is 0.411. The first-order valence-electron chi connectivity index (χ1n) is 4.53. The fourth-order valence-corrected chi connectivity index (χ4v) is 1.28. The molecule has 0 fully saturated rings. The molecule has 0 aliphatic rings. The molecule has 0 amide bonds. The lowest BCUT2D eigenvalue weighted by Gasteiger charge is -2.11. The Hall–Kier alpha value is -1.02. The van der Waals surface area contributed by atoms with Crippen molar-refractivity contribution in [1.82, 2.24) is 0 Å². The number of nitrogens with two attached hydrogens (primary N) is 1. The lowest BCUT2D eigenvalue weighted by Crippen LogP contribution is -2.08. The quantitative estimate of drug-likeness (QED) is 0.771. The number of hydrogen-bond donors (Lipinski definition) is 1. The van der Waals surface area contributed by atoms with Crippen LogP contribution < -0.4 is 10.5 Å². The molecular formula is C11H17NO. The van der Waals surface area contributed by atoms with Gasteiger partial charge in [0.25, 0.3) is 0 Å². The van der Waals surface area contributed by atoms with E-state index in [4.69, 9.17) is 10.5 Å². The van der Waals surface area contributed by atoms with E-state index >= 15 is 0 Å². The van der Waals surface area contributed by atoms with Gasteiger partial charge in [-0.15, -0.1) is 0 Å². The monoisotopic (exact) mass is 179 g/mol. The maximum Gasteiger partial charge on any atom is 0.122 e. The van der Waals surface area contributed by atoms with Gasteiger partial charge in [-0.2, -0.15) is 0 Å². The highest BCUT2D eigenvalue weighted by atomic mass is 16.5. The SMILES string of the molecule is COc1cc([C@@H](C)CN)ccc1C. The van der Waals surface area contributed by atoms with Crippen molar-refractivity contribution in [3.05, 3.63) is 29.3 Å².